The van der Waals surface area contributed by atoms with E-state index in [9.17, 15) is 9.18 Å². The zero-order chi connectivity index (χ0) is 13.4. The van der Waals surface area contributed by atoms with Crippen LogP contribution in [-0.2, 0) is 0 Å². The molecule has 0 spiro atoms. The number of carboxylic acid groups (broad SMARTS) is 1. The summed E-state index contributed by atoms with van der Waals surface area (Å²) in [7, 11) is 0. The Kier molecular flexibility index (Phi) is 3.66. The number of carboxylic acids is 1. The van der Waals surface area contributed by atoms with E-state index in [4.69, 9.17) is 28.3 Å². The molecule has 0 amide bonds. The van der Waals surface area contributed by atoms with E-state index < -0.39 is 11.8 Å². The molecule has 1 aromatic carbocycles. The van der Waals surface area contributed by atoms with Crippen LogP contribution in [0.4, 0.5) is 4.39 Å². The van der Waals surface area contributed by atoms with Crippen LogP contribution in [0.5, 0.6) is 0 Å². The first kappa shape index (κ1) is 13.4. The van der Waals surface area contributed by atoms with Gasteiger partial charge in [0.2, 0.25) is 0 Å². The number of hydrogen-bond acceptors (Lipinski definition) is 1. The summed E-state index contributed by atoms with van der Waals surface area (Å²) in [5, 5.41) is 8.72. The Morgan fingerprint density at radius 2 is 1.83 bits per heavy atom. The quantitative estimate of drug-likeness (QED) is 0.815. The SMILES string of the molecule is O=C(O)c1cc(Br)cn1-c1cc(Cl)c(F)c(Cl)c1. The lowest BCUT2D eigenvalue weighted by atomic mass is 10.3. The molecule has 0 unspecified atom stereocenters. The fourth-order valence-electron chi connectivity index (χ4n) is 1.49. The summed E-state index contributed by atoms with van der Waals surface area (Å²) in [4.78, 5) is 11.1. The van der Waals surface area contributed by atoms with Crippen molar-refractivity contribution in [2.24, 2.45) is 0 Å². The Morgan fingerprint density at radius 1 is 1.28 bits per heavy atom. The standard InChI is InChI=1S/C11H5BrCl2FNO2/c12-5-1-9(11(17)18)16(4-5)6-2-7(13)10(15)8(14)3-6/h1-4H,(H,17,18). The van der Waals surface area contributed by atoms with E-state index in [1.54, 1.807) is 0 Å². The summed E-state index contributed by atoms with van der Waals surface area (Å²) in [6.07, 6.45) is 1.53. The van der Waals surface area contributed by atoms with Gasteiger partial charge in [-0.25, -0.2) is 9.18 Å². The van der Waals surface area contributed by atoms with Gasteiger partial charge in [0.15, 0.2) is 5.82 Å². The number of aromatic nitrogens is 1. The van der Waals surface area contributed by atoms with Gasteiger partial charge >= 0.3 is 5.97 Å². The lowest BCUT2D eigenvalue weighted by molar-refractivity contribution is 0.0688. The topological polar surface area (TPSA) is 42.2 Å². The fourth-order valence-corrected chi connectivity index (χ4v) is 2.39. The molecule has 0 bridgehead atoms. The molecule has 3 nitrogen and oxygen atoms in total. The third kappa shape index (κ3) is 2.39. The van der Waals surface area contributed by atoms with Gasteiger partial charge < -0.3 is 9.67 Å². The predicted molar refractivity (Wildman–Crippen MR) is 70.4 cm³/mol. The van der Waals surface area contributed by atoms with E-state index in [0.717, 1.165) is 0 Å². The Hall–Kier alpha value is -1.04. The fraction of sp³-hybridized carbons (Fsp3) is 0. The van der Waals surface area contributed by atoms with Gasteiger partial charge in [-0.1, -0.05) is 23.2 Å². The molecule has 2 rings (SSSR count). The van der Waals surface area contributed by atoms with Gasteiger partial charge in [-0.05, 0) is 34.1 Å². The van der Waals surface area contributed by atoms with Gasteiger partial charge in [0.25, 0.3) is 0 Å². The van der Waals surface area contributed by atoms with Gasteiger partial charge in [-0.15, -0.1) is 0 Å². The molecule has 0 saturated heterocycles. The summed E-state index contributed by atoms with van der Waals surface area (Å²) in [5.74, 6) is -1.84. The van der Waals surface area contributed by atoms with E-state index in [1.807, 2.05) is 0 Å². The zero-order valence-corrected chi connectivity index (χ0v) is 11.7. The zero-order valence-electron chi connectivity index (χ0n) is 8.62. The molecule has 0 aliphatic heterocycles. The second-order valence-corrected chi connectivity index (χ2v) is 5.17. The van der Waals surface area contributed by atoms with Gasteiger partial charge in [0, 0.05) is 16.4 Å². The first-order chi connectivity index (χ1) is 8.40. The van der Waals surface area contributed by atoms with Gasteiger partial charge in [-0.2, -0.15) is 0 Å². The molecule has 0 fully saturated rings. The van der Waals surface area contributed by atoms with E-state index in [0.29, 0.717) is 10.2 Å². The van der Waals surface area contributed by atoms with Crippen molar-refractivity contribution in [3.63, 3.8) is 0 Å². The second-order valence-electron chi connectivity index (χ2n) is 3.44. The van der Waals surface area contributed by atoms with Crippen molar-refractivity contribution in [2.75, 3.05) is 0 Å². The van der Waals surface area contributed by atoms with Crippen LogP contribution in [0.25, 0.3) is 5.69 Å². The second kappa shape index (κ2) is 4.91. The summed E-state index contributed by atoms with van der Waals surface area (Å²) in [6, 6.07) is 4.04. The van der Waals surface area contributed by atoms with Gasteiger partial charge in [0.1, 0.15) is 5.69 Å². The van der Waals surface area contributed by atoms with E-state index in [1.165, 1.54) is 29.0 Å². The lowest BCUT2D eigenvalue weighted by Gasteiger charge is -2.08. The highest BCUT2D eigenvalue weighted by Crippen LogP contribution is 2.28. The molecule has 1 heterocycles. The summed E-state index contributed by atoms with van der Waals surface area (Å²) in [6.45, 7) is 0. The molecule has 0 radical (unpaired) electrons. The maximum Gasteiger partial charge on any atom is 0.352 e. The summed E-state index contributed by atoms with van der Waals surface area (Å²) >= 11 is 14.5. The van der Waals surface area contributed by atoms with Gasteiger partial charge in [-0.3, -0.25) is 0 Å². The van der Waals surface area contributed by atoms with Crippen molar-refractivity contribution in [3.05, 3.63) is 50.4 Å². The predicted octanol–water partition coefficient (Wildman–Crippen LogP) is 4.38. The molecule has 0 saturated carbocycles. The van der Waals surface area contributed by atoms with E-state index in [2.05, 4.69) is 15.9 Å². The summed E-state index contributed by atoms with van der Waals surface area (Å²) in [5.41, 5.74) is 0.384. The van der Waals surface area contributed by atoms with Crippen LogP contribution in [0.15, 0.2) is 28.9 Å². The van der Waals surface area contributed by atoms with Crippen LogP contribution in [0, 0.1) is 5.82 Å². The number of benzene rings is 1. The first-order valence-electron chi connectivity index (χ1n) is 4.66. The molecule has 94 valence electrons. The van der Waals surface area contributed by atoms with Crippen molar-refractivity contribution in [1.29, 1.82) is 0 Å². The minimum Gasteiger partial charge on any atom is -0.477 e. The van der Waals surface area contributed by atoms with Crippen LogP contribution in [0.2, 0.25) is 10.0 Å². The van der Waals surface area contributed by atoms with Crippen molar-refractivity contribution < 1.29 is 14.3 Å². The minimum absolute atomic E-state index is 0.0145. The molecule has 0 aliphatic rings. The van der Waals surface area contributed by atoms with Crippen molar-refractivity contribution in [3.8, 4) is 5.69 Å². The third-order valence-electron chi connectivity index (χ3n) is 2.25. The van der Waals surface area contributed by atoms with E-state index in [-0.39, 0.29) is 15.7 Å². The van der Waals surface area contributed by atoms with Crippen LogP contribution in [-0.4, -0.2) is 15.6 Å². The highest BCUT2D eigenvalue weighted by atomic mass is 79.9. The molecular formula is C11H5BrCl2FNO2. The maximum absolute atomic E-state index is 13.3. The highest BCUT2D eigenvalue weighted by Gasteiger charge is 2.15. The largest absolute Gasteiger partial charge is 0.477 e. The van der Waals surface area contributed by atoms with Gasteiger partial charge in [0.05, 0.1) is 10.0 Å². The molecule has 0 atom stereocenters. The molecule has 2 aromatic rings. The molecule has 18 heavy (non-hydrogen) atoms. The third-order valence-corrected chi connectivity index (χ3v) is 3.24. The lowest BCUT2D eigenvalue weighted by Crippen LogP contribution is -2.05. The normalized spacial score (nSPS) is 10.7. The number of hydrogen-bond donors (Lipinski definition) is 1. The number of carbonyl (C=O) groups is 1. The maximum atomic E-state index is 13.3. The first-order valence-corrected chi connectivity index (χ1v) is 6.21. The Balaban J connectivity index is 2.65. The molecular weight excluding hydrogens is 348 g/mol. The average molecular weight is 353 g/mol. The van der Waals surface area contributed by atoms with Crippen LogP contribution >= 0.6 is 39.1 Å². The highest BCUT2D eigenvalue weighted by molar-refractivity contribution is 9.10. The van der Waals surface area contributed by atoms with Crippen molar-refractivity contribution in [1.82, 2.24) is 4.57 Å². The Bertz CT molecular complexity index is 619. The Labute approximate surface area is 120 Å². The van der Waals surface area contributed by atoms with Crippen LogP contribution in [0.1, 0.15) is 10.5 Å². The van der Waals surface area contributed by atoms with Crippen LogP contribution in [0.3, 0.4) is 0 Å². The van der Waals surface area contributed by atoms with E-state index >= 15 is 0 Å². The molecule has 0 aliphatic carbocycles. The smallest absolute Gasteiger partial charge is 0.352 e. The average Bonchev–Trinajstić information content (AvgIpc) is 2.67. The monoisotopic (exact) mass is 351 g/mol. The molecule has 1 aromatic heterocycles. The Morgan fingerprint density at radius 3 is 2.33 bits per heavy atom. The number of aromatic carboxylic acids is 1. The number of rotatable bonds is 2. The van der Waals surface area contributed by atoms with Crippen molar-refractivity contribution >= 4 is 45.1 Å². The number of halogens is 4. The van der Waals surface area contributed by atoms with Crippen LogP contribution < -0.4 is 0 Å². The molecule has 7 heteroatoms. The summed E-state index contributed by atoms with van der Waals surface area (Å²) < 4.78 is 15.2. The van der Waals surface area contributed by atoms with Crippen molar-refractivity contribution in [2.45, 2.75) is 0 Å². The molecule has 1 N–H and O–H groups in total. The minimum atomic E-state index is -1.11. The number of nitrogens with zero attached hydrogens (tertiary/aromatic N) is 1.